The van der Waals surface area contributed by atoms with E-state index in [1.54, 1.807) is 6.07 Å². The molecule has 0 aliphatic carbocycles. The zero-order chi connectivity index (χ0) is 11.7. The Labute approximate surface area is 93.8 Å². The van der Waals surface area contributed by atoms with Gasteiger partial charge in [-0.15, -0.1) is 0 Å². The summed E-state index contributed by atoms with van der Waals surface area (Å²) in [6, 6.07) is 5.53. The highest BCUT2D eigenvalue weighted by Gasteiger charge is 2.28. The first-order valence-corrected chi connectivity index (χ1v) is 5.10. The number of anilines is 1. The van der Waals surface area contributed by atoms with E-state index >= 15 is 0 Å². The Morgan fingerprint density at radius 3 is 2.25 bits per heavy atom. The monoisotopic (exact) mass is 219 g/mol. The average Bonchev–Trinajstić information content (AvgIpc) is 2.23. The standard InChI is InChI=1S/C12H13NO3/c1-8-3-4-10(5-9(8)2)13-11(14)6-16-7-12(13)15/h3-5H,6-7H2,1-2H3. The van der Waals surface area contributed by atoms with Crippen molar-refractivity contribution in [1.29, 1.82) is 0 Å². The van der Waals surface area contributed by atoms with Gasteiger partial charge in [-0.05, 0) is 37.1 Å². The van der Waals surface area contributed by atoms with E-state index in [-0.39, 0.29) is 25.0 Å². The molecular weight excluding hydrogens is 206 g/mol. The molecule has 4 heteroatoms. The summed E-state index contributed by atoms with van der Waals surface area (Å²) in [5.74, 6) is -0.612. The minimum atomic E-state index is -0.306. The number of imide groups is 1. The molecule has 0 saturated carbocycles. The molecule has 4 nitrogen and oxygen atoms in total. The van der Waals surface area contributed by atoms with Gasteiger partial charge in [0.2, 0.25) is 0 Å². The van der Waals surface area contributed by atoms with Crippen LogP contribution in [0, 0.1) is 13.8 Å². The predicted molar refractivity (Wildman–Crippen MR) is 59.2 cm³/mol. The molecule has 0 unspecified atom stereocenters. The fraction of sp³-hybridized carbons (Fsp3) is 0.333. The average molecular weight is 219 g/mol. The number of nitrogens with zero attached hydrogens (tertiary/aromatic N) is 1. The molecule has 1 heterocycles. The highest BCUT2D eigenvalue weighted by molar-refractivity contribution is 6.17. The van der Waals surface area contributed by atoms with Crippen molar-refractivity contribution in [3.05, 3.63) is 29.3 Å². The fourth-order valence-corrected chi connectivity index (χ4v) is 1.65. The van der Waals surface area contributed by atoms with Crippen molar-refractivity contribution in [2.75, 3.05) is 18.1 Å². The molecule has 1 aliphatic heterocycles. The molecule has 1 fully saturated rings. The van der Waals surface area contributed by atoms with Crippen molar-refractivity contribution in [3.8, 4) is 0 Å². The van der Waals surface area contributed by atoms with Gasteiger partial charge in [-0.2, -0.15) is 0 Å². The Morgan fingerprint density at radius 1 is 1.06 bits per heavy atom. The van der Waals surface area contributed by atoms with Crippen LogP contribution < -0.4 is 4.90 Å². The summed E-state index contributed by atoms with van der Waals surface area (Å²) in [4.78, 5) is 24.4. The van der Waals surface area contributed by atoms with E-state index < -0.39 is 0 Å². The van der Waals surface area contributed by atoms with Crippen LogP contribution in [0.2, 0.25) is 0 Å². The highest BCUT2D eigenvalue weighted by Crippen LogP contribution is 2.20. The SMILES string of the molecule is Cc1ccc(N2C(=O)COCC2=O)cc1C. The molecule has 2 rings (SSSR count). The Morgan fingerprint density at radius 2 is 1.69 bits per heavy atom. The second kappa shape index (κ2) is 4.06. The second-order valence-corrected chi connectivity index (χ2v) is 3.88. The van der Waals surface area contributed by atoms with Crippen molar-refractivity contribution in [2.45, 2.75) is 13.8 Å². The number of ether oxygens (including phenoxy) is 1. The lowest BCUT2D eigenvalue weighted by atomic mass is 10.1. The maximum absolute atomic E-state index is 11.6. The van der Waals surface area contributed by atoms with Crippen molar-refractivity contribution < 1.29 is 14.3 Å². The third-order valence-electron chi connectivity index (χ3n) is 2.70. The highest BCUT2D eigenvalue weighted by atomic mass is 16.5. The lowest BCUT2D eigenvalue weighted by molar-refractivity contribution is -0.138. The Hall–Kier alpha value is -1.68. The molecule has 1 aliphatic rings. The van der Waals surface area contributed by atoms with Crippen LogP contribution in [0.5, 0.6) is 0 Å². The normalized spacial score (nSPS) is 16.8. The van der Waals surface area contributed by atoms with Crippen LogP contribution in [0.25, 0.3) is 0 Å². The van der Waals surface area contributed by atoms with Gasteiger partial charge in [0, 0.05) is 0 Å². The first-order valence-electron chi connectivity index (χ1n) is 5.10. The van der Waals surface area contributed by atoms with Crippen LogP contribution in [0.3, 0.4) is 0 Å². The van der Waals surface area contributed by atoms with Crippen LogP contribution in [0.4, 0.5) is 5.69 Å². The minimum Gasteiger partial charge on any atom is -0.362 e. The summed E-state index contributed by atoms with van der Waals surface area (Å²) in [6.07, 6.45) is 0. The molecular formula is C12H13NO3. The lowest BCUT2D eigenvalue weighted by Gasteiger charge is -2.25. The summed E-state index contributed by atoms with van der Waals surface area (Å²) in [7, 11) is 0. The third-order valence-corrected chi connectivity index (χ3v) is 2.70. The van der Waals surface area contributed by atoms with E-state index in [2.05, 4.69) is 0 Å². The Bertz CT molecular complexity index is 438. The van der Waals surface area contributed by atoms with Crippen molar-refractivity contribution in [2.24, 2.45) is 0 Å². The minimum absolute atomic E-state index is 0.0291. The molecule has 0 atom stereocenters. The number of hydrogen-bond acceptors (Lipinski definition) is 3. The number of carbonyl (C=O) groups excluding carboxylic acids is 2. The topological polar surface area (TPSA) is 46.6 Å². The molecule has 84 valence electrons. The van der Waals surface area contributed by atoms with Gasteiger partial charge in [0.1, 0.15) is 13.2 Å². The number of hydrogen-bond donors (Lipinski definition) is 0. The Kier molecular flexibility index (Phi) is 2.75. The summed E-state index contributed by atoms with van der Waals surface area (Å²) < 4.78 is 4.86. The van der Waals surface area contributed by atoms with E-state index in [1.165, 1.54) is 4.90 Å². The van der Waals surface area contributed by atoms with Crippen molar-refractivity contribution >= 4 is 17.5 Å². The van der Waals surface area contributed by atoms with Gasteiger partial charge >= 0.3 is 0 Å². The van der Waals surface area contributed by atoms with Crippen molar-refractivity contribution in [3.63, 3.8) is 0 Å². The van der Waals surface area contributed by atoms with E-state index in [4.69, 9.17) is 4.74 Å². The quantitative estimate of drug-likeness (QED) is 0.666. The van der Waals surface area contributed by atoms with E-state index in [0.717, 1.165) is 11.1 Å². The third kappa shape index (κ3) is 1.84. The van der Waals surface area contributed by atoms with Crippen molar-refractivity contribution in [1.82, 2.24) is 0 Å². The maximum Gasteiger partial charge on any atom is 0.259 e. The number of benzene rings is 1. The summed E-state index contributed by atoms with van der Waals surface area (Å²) >= 11 is 0. The molecule has 0 N–H and O–H groups in total. The molecule has 0 radical (unpaired) electrons. The van der Waals surface area contributed by atoms with E-state index in [1.807, 2.05) is 26.0 Å². The summed E-state index contributed by atoms with van der Waals surface area (Å²) in [5, 5.41) is 0. The van der Waals surface area contributed by atoms with Gasteiger partial charge in [0.05, 0.1) is 5.69 Å². The van der Waals surface area contributed by atoms with Crippen LogP contribution in [0.15, 0.2) is 18.2 Å². The molecule has 1 aromatic carbocycles. The molecule has 0 bridgehead atoms. The smallest absolute Gasteiger partial charge is 0.259 e. The predicted octanol–water partition coefficient (Wildman–Crippen LogP) is 1.19. The van der Waals surface area contributed by atoms with Gasteiger partial charge in [-0.3, -0.25) is 9.59 Å². The van der Waals surface area contributed by atoms with Crippen LogP contribution in [-0.4, -0.2) is 25.0 Å². The molecule has 1 saturated heterocycles. The molecule has 2 amide bonds. The summed E-state index contributed by atoms with van der Waals surface area (Å²) in [6.45, 7) is 3.88. The molecule has 0 spiro atoms. The van der Waals surface area contributed by atoms with Gasteiger partial charge in [0.15, 0.2) is 0 Å². The number of rotatable bonds is 1. The second-order valence-electron chi connectivity index (χ2n) is 3.88. The van der Waals surface area contributed by atoms with Gasteiger partial charge in [0.25, 0.3) is 11.8 Å². The largest absolute Gasteiger partial charge is 0.362 e. The summed E-state index contributed by atoms with van der Waals surface area (Å²) in [5.41, 5.74) is 2.82. The van der Waals surface area contributed by atoms with E-state index in [0.29, 0.717) is 5.69 Å². The molecule has 1 aromatic rings. The van der Waals surface area contributed by atoms with Crippen LogP contribution in [-0.2, 0) is 14.3 Å². The zero-order valence-corrected chi connectivity index (χ0v) is 9.32. The number of morpholine rings is 1. The maximum atomic E-state index is 11.6. The zero-order valence-electron chi connectivity index (χ0n) is 9.32. The lowest BCUT2D eigenvalue weighted by Crippen LogP contribution is -2.46. The van der Waals surface area contributed by atoms with Gasteiger partial charge in [-0.25, -0.2) is 4.90 Å². The van der Waals surface area contributed by atoms with Crippen LogP contribution in [0.1, 0.15) is 11.1 Å². The fourth-order valence-electron chi connectivity index (χ4n) is 1.65. The first-order chi connectivity index (χ1) is 7.59. The van der Waals surface area contributed by atoms with Crippen LogP contribution >= 0.6 is 0 Å². The Balaban J connectivity index is 2.38. The number of carbonyl (C=O) groups is 2. The van der Waals surface area contributed by atoms with E-state index in [9.17, 15) is 9.59 Å². The molecule has 16 heavy (non-hydrogen) atoms. The molecule has 0 aromatic heterocycles. The number of aryl methyl sites for hydroxylation is 2. The number of amides is 2. The first kappa shape index (κ1) is 10.8. The van der Waals surface area contributed by atoms with Gasteiger partial charge in [-0.1, -0.05) is 6.07 Å². The van der Waals surface area contributed by atoms with Gasteiger partial charge < -0.3 is 4.74 Å².